The number of aliphatic hydroxyl groups is 1. The van der Waals surface area contributed by atoms with Gasteiger partial charge in [0.05, 0.1) is 10.5 Å². The number of rotatable bonds is 3. The van der Waals surface area contributed by atoms with Crippen LogP contribution in [0.25, 0.3) is 0 Å². The highest BCUT2D eigenvalue weighted by Crippen LogP contribution is 2.22. The molecule has 2 rings (SSSR count). The number of piperidine rings is 1. The first-order chi connectivity index (χ1) is 8.39. The molecule has 0 amide bonds. The summed E-state index contributed by atoms with van der Waals surface area (Å²) in [4.78, 5) is 0.312. The summed E-state index contributed by atoms with van der Waals surface area (Å²) in [5.74, 6) is 0. The van der Waals surface area contributed by atoms with Gasteiger partial charge in [-0.3, -0.25) is 0 Å². The van der Waals surface area contributed by atoms with Gasteiger partial charge in [0.25, 0.3) is 0 Å². The van der Waals surface area contributed by atoms with Crippen LogP contribution in [0.4, 0.5) is 0 Å². The fraction of sp³-hybridized carbons (Fsp3) is 0.538. The second-order valence-electron chi connectivity index (χ2n) is 5.10. The van der Waals surface area contributed by atoms with E-state index in [0.29, 0.717) is 17.9 Å². The van der Waals surface area contributed by atoms with E-state index >= 15 is 0 Å². The fourth-order valence-corrected chi connectivity index (χ4v) is 3.06. The summed E-state index contributed by atoms with van der Waals surface area (Å²) in [6, 6.07) is 6.83. The van der Waals surface area contributed by atoms with Gasteiger partial charge in [-0.05, 0) is 37.1 Å². The predicted molar refractivity (Wildman–Crippen MR) is 70.3 cm³/mol. The van der Waals surface area contributed by atoms with Crippen LogP contribution in [0.2, 0.25) is 0 Å². The third-order valence-electron chi connectivity index (χ3n) is 3.31. The minimum absolute atomic E-state index is 0.312. The minimum atomic E-state index is -3.18. The molecule has 1 saturated heterocycles. The van der Waals surface area contributed by atoms with Crippen LogP contribution >= 0.6 is 0 Å². The van der Waals surface area contributed by atoms with E-state index in [1.54, 1.807) is 18.2 Å². The molecule has 100 valence electrons. The third-order valence-corrected chi connectivity index (χ3v) is 4.42. The van der Waals surface area contributed by atoms with Gasteiger partial charge in [0.15, 0.2) is 9.84 Å². The van der Waals surface area contributed by atoms with Crippen LogP contribution in [0.3, 0.4) is 0 Å². The first kappa shape index (κ1) is 13.5. The van der Waals surface area contributed by atoms with E-state index in [9.17, 15) is 13.5 Å². The Bertz CT molecular complexity index is 519. The van der Waals surface area contributed by atoms with E-state index < -0.39 is 15.4 Å². The highest BCUT2D eigenvalue weighted by molar-refractivity contribution is 7.90. The normalized spacial score (nSPS) is 25.0. The number of benzene rings is 1. The van der Waals surface area contributed by atoms with Crippen molar-refractivity contribution in [2.75, 3.05) is 19.3 Å². The lowest BCUT2D eigenvalue weighted by molar-refractivity contribution is 0.0169. The van der Waals surface area contributed by atoms with E-state index in [4.69, 9.17) is 0 Å². The topological polar surface area (TPSA) is 66.4 Å². The van der Waals surface area contributed by atoms with Crippen molar-refractivity contribution in [1.29, 1.82) is 0 Å². The molecule has 0 spiro atoms. The predicted octanol–water partition coefficient (Wildman–Crippen LogP) is 0.747. The Morgan fingerprint density at radius 3 is 2.83 bits per heavy atom. The summed E-state index contributed by atoms with van der Waals surface area (Å²) in [6.07, 6.45) is 3.39. The average Bonchev–Trinajstić information content (AvgIpc) is 2.28. The Balaban J connectivity index is 2.19. The largest absolute Gasteiger partial charge is 0.388 e. The van der Waals surface area contributed by atoms with Crippen LogP contribution in [0, 0.1) is 0 Å². The standard InChI is InChI=1S/C13H19NO3S/c1-18(16,17)12-5-2-4-11(8-12)9-13(15)6-3-7-14-10-13/h2,4-5,8,14-15H,3,6-7,9-10H2,1H3. The maximum absolute atomic E-state index is 11.5. The monoisotopic (exact) mass is 269 g/mol. The fourth-order valence-electron chi connectivity index (χ4n) is 2.37. The first-order valence-electron chi connectivity index (χ1n) is 6.11. The molecule has 0 bridgehead atoms. The number of hydrogen-bond donors (Lipinski definition) is 2. The van der Waals surface area contributed by atoms with Gasteiger partial charge in [-0.1, -0.05) is 12.1 Å². The Labute approximate surface area is 108 Å². The van der Waals surface area contributed by atoms with Gasteiger partial charge >= 0.3 is 0 Å². The summed E-state index contributed by atoms with van der Waals surface area (Å²) in [6.45, 7) is 1.50. The van der Waals surface area contributed by atoms with Gasteiger partial charge in [-0.25, -0.2) is 8.42 Å². The number of hydrogen-bond acceptors (Lipinski definition) is 4. The highest BCUT2D eigenvalue weighted by atomic mass is 32.2. The van der Waals surface area contributed by atoms with Crippen LogP contribution in [-0.4, -0.2) is 38.5 Å². The number of sulfone groups is 1. The molecular formula is C13H19NO3S. The molecule has 18 heavy (non-hydrogen) atoms. The summed E-state index contributed by atoms with van der Waals surface area (Å²) in [5.41, 5.74) is 0.109. The zero-order valence-electron chi connectivity index (χ0n) is 10.5. The zero-order chi connectivity index (χ0) is 13.2. The summed E-state index contributed by atoms with van der Waals surface area (Å²) in [7, 11) is -3.18. The maximum Gasteiger partial charge on any atom is 0.175 e. The van der Waals surface area contributed by atoms with Gasteiger partial charge < -0.3 is 10.4 Å². The lowest BCUT2D eigenvalue weighted by Crippen LogP contribution is -2.47. The molecular weight excluding hydrogens is 250 g/mol. The average molecular weight is 269 g/mol. The summed E-state index contributed by atoms with van der Waals surface area (Å²) in [5, 5.41) is 13.6. The molecule has 4 nitrogen and oxygen atoms in total. The molecule has 0 aromatic heterocycles. The lowest BCUT2D eigenvalue weighted by Gasteiger charge is -2.32. The van der Waals surface area contributed by atoms with E-state index in [0.717, 1.165) is 24.9 Å². The lowest BCUT2D eigenvalue weighted by atomic mass is 9.87. The maximum atomic E-state index is 11.5. The number of β-amino-alcohol motifs (C(OH)–C–C–N with tert-alkyl or cyclic N) is 1. The van der Waals surface area contributed by atoms with Crippen molar-refractivity contribution in [3.63, 3.8) is 0 Å². The SMILES string of the molecule is CS(=O)(=O)c1cccc(CC2(O)CCCNC2)c1. The van der Waals surface area contributed by atoms with Crippen molar-refractivity contribution in [3.05, 3.63) is 29.8 Å². The van der Waals surface area contributed by atoms with E-state index in [-0.39, 0.29) is 0 Å². The van der Waals surface area contributed by atoms with Gasteiger partial charge in [0.2, 0.25) is 0 Å². The van der Waals surface area contributed by atoms with Crippen LogP contribution < -0.4 is 5.32 Å². The molecule has 0 saturated carbocycles. The molecule has 1 atom stereocenters. The van der Waals surface area contributed by atoms with Crippen molar-refractivity contribution in [1.82, 2.24) is 5.32 Å². The van der Waals surface area contributed by atoms with Crippen molar-refractivity contribution in [2.24, 2.45) is 0 Å². The van der Waals surface area contributed by atoms with Crippen LogP contribution in [0.1, 0.15) is 18.4 Å². The molecule has 1 heterocycles. The Morgan fingerprint density at radius 2 is 2.22 bits per heavy atom. The van der Waals surface area contributed by atoms with E-state index in [2.05, 4.69) is 5.32 Å². The molecule has 1 aromatic carbocycles. The number of nitrogens with one attached hydrogen (secondary N) is 1. The van der Waals surface area contributed by atoms with Crippen molar-refractivity contribution in [2.45, 2.75) is 29.8 Å². The Kier molecular flexibility index (Phi) is 3.75. The molecule has 5 heteroatoms. The van der Waals surface area contributed by atoms with Crippen LogP contribution in [0.5, 0.6) is 0 Å². The molecule has 1 aromatic rings. The van der Waals surface area contributed by atoms with Crippen LogP contribution in [0.15, 0.2) is 29.2 Å². The molecule has 1 aliphatic rings. The van der Waals surface area contributed by atoms with Crippen molar-refractivity contribution < 1.29 is 13.5 Å². The molecule has 0 aliphatic carbocycles. The quantitative estimate of drug-likeness (QED) is 0.849. The van der Waals surface area contributed by atoms with Crippen molar-refractivity contribution >= 4 is 9.84 Å². The highest BCUT2D eigenvalue weighted by Gasteiger charge is 2.29. The van der Waals surface area contributed by atoms with Gasteiger partial charge in [0, 0.05) is 19.2 Å². The van der Waals surface area contributed by atoms with Gasteiger partial charge in [-0.15, -0.1) is 0 Å². The molecule has 2 N–H and O–H groups in total. The van der Waals surface area contributed by atoms with Crippen molar-refractivity contribution in [3.8, 4) is 0 Å². The molecule has 0 radical (unpaired) electrons. The minimum Gasteiger partial charge on any atom is -0.388 e. The van der Waals surface area contributed by atoms with E-state index in [1.165, 1.54) is 6.26 Å². The first-order valence-corrected chi connectivity index (χ1v) is 8.00. The molecule has 1 fully saturated rings. The summed E-state index contributed by atoms with van der Waals surface area (Å²) >= 11 is 0. The Hall–Kier alpha value is -0.910. The molecule has 1 unspecified atom stereocenters. The second kappa shape index (κ2) is 4.99. The molecule has 1 aliphatic heterocycles. The second-order valence-corrected chi connectivity index (χ2v) is 7.12. The Morgan fingerprint density at radius 1 is 1.44 bits per heavy atom. The van der Waals surface area contributed by atoms with Gasteiger partial charge in [0.1, 0.15) is 0 Å². The smallest absolute Gasteiger partial charge is 0.175 e. The van der Waals surface area contributed by atoms with E-state index in [1.807, 2.05) is 6.07 Å². The zero-order valence-corrected chi connectivity index (χ0v) is 11.3. The van der Waals surface area contributed by atoms with Gasteiger partial charge in [-0.2, -0.15) is 0 Å². The summed E-state index contributed by atoms with van der Waals surface area (Å²) < 4.78 is 23.0. The third kappa shape index (κ3) is 3.31. The van der Waals surface area contributed by atoms with Crippen LogP contribution in [-0.2, 0) is 16.3 Å².